The van der Waals surface area contributed by atoms with Gasteiger partial charge in [0.05, 0.1) is 13.1 Å². The van der Waals surface area contributed by atoms with E-state index in [9.17, 15) is 4.39 Å². The fraction of sp³-hybridized carbons (Fsp3) is 0.412. The Labute approximate surface area is 146 Å². The molecule has 0 bridgehead atoms. The second kappa shape index (κ2) is 9.22. The lowest BCUT2D eigenvalue weighted by molar-refractivity contribution is 0.270. The van der Waals surface area contributed by atoms with Gasteiger partial charge < -0.3 is 15.0 Å². The molecular formula is C17H23FN4OS. The molecule has 2 aromatic rings. The van der Waals surface area contributed by atoms with Gasteiger partial charge in [0.1, 0.15) is 11.6 Å². The SMILES string of the molecule is CCNC(=NCc1ncc(C)s1)N(C)CCOc1ccccc1F. The number of thiazole rings is 1. The van der Waals surface area contributed by atoms with Gasteiger partial charge in [0.15, 0.2) is 17.5 Å². The van der Waals surface area contributed by atoms with Crippen molar-refractivity contribution in [3.05, 3.63) is 46.2 Å². The predicted octanol–water partition coefficient (Wildman–Crippen LogP) is 3.07. The lowest BCUT2D eigenvalue weighted by atomic mass is 10.3. The van der Waals surface area contributed by atoms with Crippen molar-refractivity contribution in [1.82, 2.24) is 15.2 Å². The van der Waals surface area contributed by atoms with Crippen LogP contribution in [0.15, 0.2) is 35.5 Å². The maximum Gasteiger partial charge on any atom is 0.194 e. The molecule has 1 aromatic heterocycles. The number of para-hydroxylation sites is 1. The number of benzene rings is 1. The first-order valence-electron chi connectivity index (χ1n) is 7.88. The summed E-state index contributed by atoms with van der Waals surface area (Å²) in [5.41, 5.74) is 0. The van der Waals surface area contributed by atoms with Crippen LogP contribution in [0.5, 0.6) is 5.75 Å². The Hall–Kier alpha value is -2.15. The van der Waals surface area contributed by atoms with E-state index in [-0.39, 0.29) is 11.6 Å². The number of nitrogens with one attached hydrogen (secondary N) is 1. The Bertz CT molecular complexity index is 674. The summed E-state index contributed by atoms with van der Waals surface area (Å²) in [6, 6.07) is 6.41. The molecular weight excluding hydrogens is 327 g/mol. The van der Waals surface area contributed by atoms with E-state index in [1.165, 1.54) is 10.9 Å². The molecule has 1 aromatic carbocycles. The maximum atomic E-state index is 13.5. The highest BCUT2D eigenvalue weighted by molar-refractivity contribution is 7.11. The fourth-order valence-electron chi connectivity index (χ4n) is 2.05. The molecule has 0 atom stereocenters. The monoisotopic (exact) mass is 350 g/mol. The molecule has 0 unspecified atom stereocenters. The lowest BCUT2D eigenvalue weighted by Gasteiger charge is -2.22. The van der Waals surface area contributed by atoms with E-state index >= 15 is 0 Å². The quantitative estimate of drug-likeness (QED) is 0.616. The van der Waals surface area contributed by atoms with E-state index < -0.39 is 0 Å². The van der Waals surface area contributed by atoms with Crippen molar-refractivity contribution in [1.29, 1.82) is 0 Å². The van der Waals surface area contributed by atoms with E-state index in [0.717, 1.165) is 17.5 Å². The number of likely N-dealkylation sites (N-methyl/N-ethyl adjacent to an activating group) is 1. The molecule has 130 valence electrons. The molecule has 0 saturated carbocycles. The van der Waals surface area contributed by atoms with Crippen LogP contribution in [0.4, 0.5) is 4.39 Å². The van der Waals surface area contributed by atoms with Gasteiger partial charge in [-0.2, -0.15) is 0 Å². The molecule has 5 nitrogen and oxygen atoms in total. The second-order valence-corrected chi connectivity index (χ2v) is 6.55. The second-order valence-electron chi connectivity index (χ2n) is 5.24. The van der Waals surface area contributed by atoms with Crippen molar-refractivity contribution < 1.29 is 9.13 Å². The van der Waals surface area contributed by atoms with Crippen LogP contribution in [0.3, 0.4) is 0 Å². The number of hydrogen-bond acceptors (Lipinski definition) is 4. The van der Waals surface area contributed by atoms with E-state index in [1.54, 1.807) is 29.5 Å². The van der Waals surface area contributed by atoms with Crippen LogP contribution < -0.4 is 10.1 Å². The predicted molar refractivity (Wildman–Crippen MR) is 96.2 cm³/mol. The summed E-state index contributed by atoms with van der Waals surface area (Å²) in [4.78, 5) is 12.0. The van der Waals surface area contributed by atoms with Crippen LogP contribution >= 0.6 is 11.3 Å². The van der Waals surface area contributed by atoms with E-state index in [2.05, 4.69) is 15.3 Å². The minimum atomic E-state index is -0.347. The Balaban J connectivity index is 1.88. The van der Waals surface area contributed by atoms with Crippen LogP contribution in [-0.2, 0) is 6.54 Å². The number of aromatic nitrogens is 1. The summed E-state index contributed by atoms with van der Waals surface area (Å²) in [6.07, 6.45) is 1.86. The first-order valence-corrected chi connectivity index (χ1v) is 8.70. The first-order chi connectivity index (χ1) is 11.6. The summed E-state index contributed by atoms with van der Waals surface area (Å²) in [5, 5.41) is 4.23. The van der Waals surface area contributed by atoms with Gasteiger partial charge in [0.25, 0.3) is 0 Å². The number of aliphatic imine (C=N–C) groups is 1. The topological polar surface area (TPSA) is 49.8 Å². The Morgan fingerprint density at radius 3 is 2.88 bits per heavy atom. The molecule has 0 fully saturated rings. The van der Waals surface area contributed by atoms with Gasteiger partial charge in [-0.05, 0) is 26.0 Å². The average molecular weight is 350 g/mol. The third kappa shape index (κ3) is 5.49. The summed E-state index contributed by atoms with van der Waals surface area (Å²) in [5.74, 6) is 0.702. The molecule has 0 aliphatic heterocycles. The minimum absolute atomic E-state index is 0.270. The zero-order valence-corrected chi connectivity index (χ0v) is 15.1. The summed E-state index contributed by atoms with van der Waals surface area (Å²) < 4.78 is 19.0. The molecule has 24 heavy (non-hydrogen) atoms. The zero-order valence-electron chi connectivity index (χ0n) is 14.3. The Morgan fingerprint density at radius 2 is 2.21 bits per heavy atom. The lowest BCUT2D eigenvalue weighted by Crippen LogP contribution is -2.40. The van der Waals surface area contributed by atoms with Gasteiger partial charge in [-0.1, -0.05) is 12.1 Å². The maximum absolute atomic E-state index is 13.5. The van der Waals surface area contributed by atoms with Crippen LogP contribution in [0.25, 0.3) is 0 Å². The van der Waals surface area contributed by atoms with Crippen molar-refractivity contribution in [2.45, 2.75) is 20.4 Å². The normalized spacial score (nSPS) is 11.4. The number of ether oxygens (including phenoxy) is 1. The molecule has 0 radical (unpaired) electrons. The highest BCUT2D eigenvalue weighted by atomic mass is 32.1. The number of nitrogens with zero attached hydrogens (tertiary/aromatic N) is 3. The number of hydrogen-bond donors (Lipinski definition) is 1. The molecule has 0 aliphatic carbocycles. The van der Waals surface area contributed by atoms with Crippen molar-refractivity contribution in [3.8, 4) is 5.75 Å². The summed E-state index contributed by atoms with van der Waals surface area (Å²) in [7, 11) is 1.93. The van der Waals surface area contributed by atoms with E-state index in [0.29, 0.717) is 19.7 Å². The zero-order chi connectivity index (χ0) is 17.4. The Morgan fingerprint density at radius 1 is 1.42 bits per heavy atom. The van der Waals surface area contributed by atoms with Crippen molar-refractivity contribution >= 4 is 17.3 Å². The van der Waals surface area contributed by atoms with E-state index in [1.807, 2.05) is 32.0 Å². The standard InChI is InChI=1S/C17H23FN4OS/c1-4-19-17(21-12-16-20-11-13(2)24-16)22(3)9-10-23-15-8-6-5-7-14(15)18/h5-8,11H,4,9-10,12H2,1-3H3,(H,19,21). The molecule has 1 heterocycles. The molecule has 0 saturated heterocycles. The number of aryl methyl sites for hydroxylation is 1. The van der Waals surface area contributed by atoms with Crippen molar-refractivity contribution in [2.24, 2.45) is 4.99 Å². The molecule has 7 heteroatoms. The van der Waals surface area contributed by atoms with Gasteiger partial charge in [-0.25, -0.2) is 14.4 Å². The number of halogens is 1. The number of rotatable bonds is 7. The highest BCUT2D eigenvalue weighted by Crippen LogP contribution is 2.15. The van der Waals surface area contributed by atoms with Crippen molar-refractivity contribution in [2.75, 3.05) is 26.7 Å². The molecule has 0 spiro atoms. The summed E-state index contributed by atoms with van der Waals surface area (Å²) in [6.45, 7) is 6.33. The minimum Gasteiger partial charge on any atom is -0.489 e. The van der Waals surface area contributed by atoms with Gasteiger partial charge in [0, 0.05) is 24.7 Å². The molecule has 2 rings (SSSR count). The van der Waals surface area contributed by atoms with E-state index in [4.69, 9.17) is 4.74 Å². The first kappa shape index (κ1) is 18.2. The highest BCUT2D eigenvalue weighted by Gasteiger charge is 2.08. The third-order valence-electron chi connectivity index (χ3n) is 3.25. The number of guanidine groups is 1. The average Bonchev–Trinajstić information content (AvgIpc) is 2.98. The van der Waals surface area contributed by atoms with Gasteiger partial charge in [0.2, 0.25) is 0 Å². The van der Waals surface area contributed by atoms with Gasteiger partial charge in [-0.3, -0.25) is 0 Å². The van der Waals surface area contributed by atoms with Crippen LogP contribution in [0, 0.1) is 12.7 Å². The van der Waals surface area contributed by atoms with Crippen LogP contribution in [-0.4, -0.2) is 42.6 Å². The molecule has 0 amide bonds. The smallest absolute Gasteiger partial charge is 0.194 e. The summed E-state index contributed by atoms with van der Waals surface area (Å²) >= 11 is 1.65. The van der Waals surface area contributed by atoms with Crippen molar-refractivity contribution in [3.63, 3.8) is 0 Å². The fourth-order valence-corrected chi connectivity index (χ4v) is 2.76. The third-order valence-corrected chi connectivity index (χ3v) is 4.15. The Kier molecular flexibility index (Phi) is 6.99. The largest absolute Gasteiger partial charge is 0.489 e. The van der Waals surface area contributed by atoms with Crippen LogP contribution in [0.1, 0.15) is 16.8 Å². The molecule has 1 N–H and O–H groups in total. The molecule has 0 aliphatic rings. The van der Waals surface area contributed by atoms with Gasteiger partial charge >= 0.3 is 0 Å². The van der Waals surface area contributed by atoms with Crippen LogP contribution in [0.2, 0.25) is 0 Å². The van der Waals surface area contributed by atoms with Gasteiger partial charge in [-0.15, -0.1) is 11.3 Å².